The normalized spacial score (nSPS) is 10.3. The molecule has 1 rings (SSSR count). The zero-order valence-electron chi connectivity index (χ0n) is 10.2. The molecule has 0 saturated heterocycles. The zero-order valence-corrected chi connectivity index (χ0v) is 11.0. The summed E-state index contributed by atoms with van der Waals surface area (Å²) < 4.78 is 0. The molecule has 5 heteroatoms. The van der Waals surface area contributed by atoms with Gasteiger partial charge in [0, 0.05) is 13.1 Å². The fourth-order valence-corrected chi connectivity index (χ4v) is 1.92. The smallest absolute Gasteiger partial charge is 0.309 e. The van der Waals surface area contributed by atoms with Gasteiger partial charge in [-0.1, -0.05) is 13.8 Å². The second kappa shape index (κ2) is 7.06. The van der Waals surface area contributed by atoms with E-state index in [4.69, 9.17) is 0 Å². The van der Waals surface area contributed by atoms with Crippen molar-refractivity contribution in [3.8, 4) is 0 Å². The Balaban J connectivity index is 2.18. The highest BCUT2D eigenvalue weighted by atomic mass is 32.1. The number of carbonyl (C=O) groups is 2. The van der Waals surface area contributed by atoms with Crippen molar-refractivity contribution in [1.29, 1.82) is 0 Å². The Labute approximate surface area is 105 Å². The van der Waals surface area contributed by atoms with Gasteiger partial charge in [-0.05, 0) is 34.7 Å². The predicted octanol–water partition coefficient (Wildman–Crippen LogP) is 1.18. The van der Waals surface area contributed by atoms with E-state index in [2.05, 4.69) is 10.6 Å². The van der Waals surface area contributed by atoms with Gasteiger partial charge in [0.1, 0.15) is 0 Å². The molecule has 0 aromatic carbocycles. The molecule has 0 spiro atoms. The van der Waals surface area contributed by atoms with Crippen LogP contribution in [0.3, 0.4) is 0 Å². The summed E-state index contributed by atoms with van der Waals surface area (Å²) in [6, 6.07) is 2.01. The molecule has 0 saturated carbocycles. The van der Waals surface area contributed by atoms with E-state index < -0.39 is 11.8 Å². The first-order valence-electron chi connectivity index (χ1n) is 5.66. The molecule has 2 N–H and O–H groups in total. The van der Waals surface area contributed by atoms with E-state index >= 15 is 0 Å². The Bertz CT molecular complexity index is 361. The minimum Gasteiger partial charge on any atom is -0.348 e. The maximum atomic E-state index is 11.4. The Hall–Kier alpha value is -1.36. The highest BCUT2D eigenvalue weighted by molar-refractivity contribution is 7.07. The van der Waals surface area contributed by atoms with Crippen LogP contribution in [-0.4, -0.2) is 24.9 Å². The van der Waals surface area contributed by atoms with E-state index in [9.17, 15) is 9.59 Å². The maximum absolute atomic E-state index is 11.4. The van der Waals surface area contributed by atoms with Gasteiger partial charge >= 0.3 is 11.8 Å². The Morgan fingerprint density at radius 3 is 2.59 bits per heavy atom. The second-order valence-corrected chi connectivity index (χ2v) is 5.02. The first-order chi connectivity index (χ1) is 8.09. The third kappa shape index (κ3) is 5.49. The summed E-state index contributed by atoms with van der Waals surface area (Å²) in [5, 5.41) is 9.20. The van der Waals surface area contributed by atoms with E-state index in [0.717, 1.165) is 6.42 Å². The molecule has 1 aromatic heterocycles. The van der Waals surface area contributed by atoms with Gasteiger partial charge < -0.3 is 10.6 Å². The van der Waals surface area contributed by atoms with Crippen LogP contribution in [0.2, 0.25) is 0 Å². The van der Waals surface area contributed by atoms with Gasteiger partial charge in [-0.25, -0.2) is 0 Å². The van der Waals surface area contributed by atoms with Gasteiger partial charge in [-0.15, -0.1) is 0 Å². The minimum atomic E-state index is -0.555. The van der Waals surface area contributed by atoms with Crippen LogP contribution in [-0.2, 0) is 16.0 Å². The molecule has 4 nitrogen and oxygen atoms in total. The van der Waals surface area contributed by atoms with Crippen molar-refractivity contribution in [2.75, 3.05) is 13.1 Å². The summed E-state index contributed by atoms with van der Waals surface area (Å²) in [5.41, 5.74) is 1.18. The Morgan fingerprint density at radius 1 is 1.29 bits per heavy atom. The first kappa shape index (κ1) is 13.7. The first-order valence-corrected chi connectivity index (χ1v) is 6.61. The third-order valence-corrected chi connectivity index (χ3v) is 2.89. The van der Waals surface area contributed by atoms with E-state index in [-0.39, 0.29) is 0 Å². The maximum Gasteiger partial charge on any atom is 0.309 e. The monoisotopic (exact) mass is 254 g/mol. The fraction of sp³-hybridized carbons (Fsp3) is 0.500. The highest BCUT2D eigenvalue weighted by Gasteiger charge is 2.12. The van der Waals surface area contributed by atoms with Gasteiger partial charge in [-0.3, -0.25) is 9.59 Å². The van der Waals surface area contributed by atoms with Crippen molar-refractivity contribution in [3.05, 3.63) is 22.4 Å². The lowest BCUT2D eigenvalue weighted by molar-refractivity contribution is -0.139. The topological polar surface area (TPSA) is 58.2 Å². The summed E-state index contributed by atoms with van der Waals surface area (Å²) in [6.45, 7) is 4.98. The Kier molecular flexibility index (Phi) is 5.69. The standard InChI is InChI=1S/C12H18N2O2S/c1-9(2)7-14-12(16)11(15)13-5-3-10-4-6-17-8-10/h4,6,8-9H,3,5,7H2,1-2H3,(H,13,15)(H,14,16). The molecule has 94 valence electrons. The molecule has 0 bridgehead atoms. The van der Waals surface area contributed by atoms with E-state index in [1.807, 2.05) is 30.7 Å². The molecular weight excluding hydrogens is 236 g/mol. The van der Waals surface area contributed by atoms with Crippen molar-refractivity contribution < 1.29 is 9.59 Å². The predicted molar refractivity (Wildman–Crippen MR) is 68.9 cm³/mol. The van der Waals surface area contributed by atoms with Gasteiger partial charge in [0.25, 0.3) is 0 Å². The molecule has 0 aliphatic rings. The molecule has 1 heterocycles. The molecule has 0 fully saturated rings. The molecule has 2 amide bonds. The van der Waals surface area contributed by atoms with Crippen molar-refractivity contribution in [2.24, 2.45) is 5.92 Å². The molecule has 0 atom stereocenters. The number of hydrogen-bond acceptors (Lipinski definition) is 3. The molecule has 0 aliphatic carbocycles. The van der Waals surface area contributed by atoms with Crippen LogP contribution >= 0.6 is 11.3 Å². The fourth-order valence-electron chi connectivity index (χ4n) is 1.21. The summed E-state index contributed by atoms with van der Waals surface area (Å²) in [7, 11) is 0. The summed E-state index contributed by atoms with van der Waals surface area (Å²) in [4.78, 5) is 22.7. The number of nitrogens with one attached hydrogen (secondary N) is 2. The van der Waals surface area contributed by atoms with Crippen LogP contribution in [0.1, 0.15) is 19.4 Å². The SMILES string of the molecule is CC(C)CNC(=O)C(=O)NCCc1ccsc1. The van der Waals surface area contributed by atoms with Gasteiger partial charge in [0.05, 0.1) is 0 Å². The van der Waals surface area contributed by atoms with Crippen molar-refractivity contribution in [1.82, 2.24) is 10.6 Å². The molecule has 0 aliphatic heterocycles. The lowest BCUT2D eigenvalue weighted by Gasteiger charge is -2.07. The van der Waals surface area contributed by atoms with Gasteiger partial charge in [-0.2, -0.15) is 11.3 Å². The second-order valence-electron chi connectivity index (χ2n) is 4.24. The van der Waals surface area contributed by atoms with Crippen LogP contribution in [0.5, 0.6) is 0 Å². The average molecular weight is 254 g/mol. The quantitative estimate of drug-likeness (QED) is 0.775. The molecule has 0 radical (unpaired) electrons. The highest BCUT2D eigenvalue weighted by Crippen LogP contribution is 2.05. The average Bonchev–Trinajstić information content (AvgIpc) is 2.78. The van der Waals surface area contributed by atoms with Crippen LogP contribution in [0.4, 0.5) is 0 Å². The van der Waals surface area contributed by atoms with E-state index in [0.29, 0.717) is 19.0 Å². The van der Waals surface area contributed by atoms with Crippen LogP contribution in [0.25, 0.3) is 0 Å². The van der Waals surface area contributed by atoms with Crippen molar-refractivity contribution >= 4 is 23.2 Å². The number of thiophene rings is 1. The molecular formula is C12H18N2O2S. The number of hydrogen-bond donors (Lipinski definition) is 2. The number of rotatable bonds is 5. The van der Waals surface area contributed by atoms with Gasteiger partial charge in [0.15, 0.2) is 0 Å². The summed E-state index contributed by atoms with van der Waals surface area (Å²) in [6.07, 6.45) is 0.757. The number of amides is 2. The van der Waals surface area contributed by atoms with Crippen LogP contribution in [0.15, 0.2) is 16.8 Å². The number of carbonyl (C=O) groups excluding carboxylic acids is 2. The Morgan fingerprint density at radius 2 is 2.00 bits per heavy atom. The third-order valence-electron chi connectivity index (χ3n) is 2.16. The van der Waals surface area contributed by atoms with Crippen molar-refractivity contribution in [3.63, 3.8) is 0 Å². The van der Waals surface area contributed by atoms with E-state index in [1.165, 1.54) is 5.56 Å². The zero-order chi connectivity index (χ0) is 12.7. The molecule has 17 heavy (non-hydrogen) atoms. The van der Waals surface area contributed by atoms with Gasteiger partial charge in [0.2, 0.25) is 0 Å². The summed E-state index contributed by atoms with van der Waals surface area (Å²) >= 11 is 1.62. The summed E-state index contributed by atoms with van der Waals surface area (Å²) in [5.74, 6) is -0.762. The van der Waals surface area contributed by atoms with E-state index in [1.54, 1.807) is 11.3 Å². The molecule has 1 aromatic rings. The van der Waals surface area contributed by atoms with Crippen LogP contribution in [0, 0.1) is 5.92 Å². The molecule has 0 unspecified atom stereocenters. The van der Waals surface area contributed by atoms with Crippen molar-refractivity contribution in [2.45, 2.75) is 20.3 Å². The van der Waals surface area contributed by atoms with Crippen LogP contribution < -0.4 is 10.6 Å². The largest absolute Gasteiger partial charge is 0.348 e. The lowest BCUT2D eigenvalue weighted by atomic mass is 10.2. The lowest BCUT2D eigenvalue weighted by Crippen LogP contribution is -2.41. The minimum absolute atomic E-state index is 0.345.